The SMILES string of the molecule is [N-]=[N+]=N[PH](=O)Oc1ccccc1. The molecule has 62 valence electrons. The third-order valence-electron chi connectivity index (χ3n) is 1.07. The van der Waals surface area contributed by atoms with E-state index in [2.05, 4.69) is 9.80 Å². The number of para-hydroxylation sites is 1. The fraction of sp³-hybridized carbons (Fsp3) is 0. The van der Waals surface area contributed by atoms with Crippen molar-refractivity contribution < 1.29 is 9.09 Å². The minimum atomic E-state index is -2.63. The lowest BCUT2D eigenvalue weighted by Gasteiger charge is -1.99. The van der Waals surface area contributed by atoms with Crippen LogP contribution in [-0.4, -0.2) is 0 Å². The summed E-state index contributed by atoms with van der Waals surface area (Å²) in [6, 6.07) is 8.55. The van der Waals surface area contributed by atoms with Crippen LogP contribution in [0.15, 0.2) is 35.2 Å². The average molecular weight is 183 g/mol. The van der Waals surface area contributed by atoms with Crippen LogP contribution in [0.2, 0.25) is 0 Å². The van der Waals surface area contributed by atoms with E-state index in [9.17, 15) is 4.57 Å². The summed E-state index contributed by atoms with van der Waals surface area (Å²) >= 11 is 0. The van der Waals surface area contributed by atoms with Crippen molar-refractivity contribution in [2.24, 2.45) is 4.88 Å². The number of nitrogens with zero attached hydrogens (tertiary/aromatic N) is 3. The molecular weight excluding hydrogens is 177 g/mol. The minimum Gasteiger partial charge on any atom is -0.441 e. The number of hydrogen-bond acceptors (Lipinski definition) is 2. The molecule has 0 aliphatic heterocycles. The van der Waals surface area contributed by atoms with Gasteiger partial charge in [-0.25, -0.2) is 0 Å². The highest BCUT2D eigenvalue weighted by Crippen LogP contribution is 2.27. The summed E-state index contributed by atoms with van der Waals surface area (Å²) in [5, 5.41) is 0. The zero-order chi connectivity index (χ0) is 8.81. The molecule has 1 unspecified atom stereocenters. The molecule has 1 rings (SSSR count). The normalized spacial score (nSPS) is 11.3. The van der Waals surface area contributed by atoms with Crippen LogP contribution in [-0.2, 0) is 4.57 Å². The summed E-state index contributed by atoms with van der Waals surface area (Å²) < 4.78 is 15.5. The first kappa shape index (κ1) is 8.65. The number of azide groups is 1. The van der Waals surface area contributed by atoms with Crippen molar-refractivity contribution in [2.75, 3.05) is 0 Å². The fourth-order valence-corrected chi connectivity index (χ4v) is 1.10. The van der Waals surface area contributed by atoms with Crippen molar-refractivity contribution in [1.82, 2.24) is 0 Å². The zero-order valence-electron chi connectivity index (χ0n) is 6.04. The van der Waals surface area contributed by atoms with E-state index in [4.69, 9.17) is 10.1 Å². The van der Waals surface area contributed by atoms with Crippen molar-refractivity contribution in [3.05, 3.63) is 40.8 Å². The molecule has 12 heavy (non-hydrogen) atoms. The molecule has 0 saturated carbocycles. The first-order chi connectivity index (χ1) is 5.83. The van der Waals surface area contributed by atoms with Gasteiger partial charge in [-0.2, -0.15) is 0 Å². The maximum atomic E-state index is 10.8. The monoisotopic (exact) mass is 183 g/mol. The van der Waals surface area contributed by atoms with E-state index in [1.165, 1.54) is 0 Å². The standard InChI is InChI=1S/C6H6N3O2P/c7-8-9-12(10)11-6-4-2-1-3-5-6/h1-5,12H. The topological polar surface area (TPSA) is 75.1 Å². The molecule has 0 N–H and O–H groups in total. The van der Waals surface area contributed by atoms with Gasteiger partial charge in [-0.05, 0) is 17.7 Å². The van der Waals surface area contributed by atoms with Gasteiger partial charge in [-0.1, -0.05) is 18.2 Å². The lowest BCUT2D eigenvalue weighted by molar-refractivity contribution is 0.506. The third kappa shape index (κ3) is 2.66. The molecule has 5 nitrogen and oxygen atoms in total. The van der Waals surface area contributed by atoms with Crippen LogP contribution in [0.3, 0.4) is 0 Å². The smallest absolute Gasteiger partial charge is 0.323 e. The van der Waals surface area contributed by atoms with E-state index >= 15 is 0 Å². The summed E-state index contributed by atoms with van der Waals surface area (Å²) in [6.45, 7) is 0. The Labute approximate surface area is 69.5 Å². The quantitative estimate of drug-likeness (QED) is 0.312. The Balaban J connectivity index is 2.64. The molecule has 0 aliphatic carbocycles. The van der Waals surface area contributed by atoms with Crippen LogP contribution in [0, 0.1) is 0 Å². The van der Waals surface area contributed by atoms with E-state index in [1.807, 2.05) is 0 Å². The highest BCUT2D eigenvalue weighted by Gasteiger charge is 1.95. The van der Waals surface area contributed by atoms with Crippen LogP contribution in [0.5, 0.6) is 5.75 Å². The Kier molecular flexibility index (Phi) is 3.20. The Morgan fingerprint density at radius 3 is 2.67 bits per heavy atom. The van der Waals surface area contributed by atoms with Gasteiger partial charge < -0.3 is 4.52 Å². The summed E-state index contributed by atoms with van der Waals surface area (Å²) in [7, 11) is -2.63. The van der Waals surface area contributed by atoms with Gasteiger partial charge in [0.25, 0.3) is 0 Å². The molecule has 0 saturated heterocycles. The third-order valence-corrected chi connectivity index (χ3v) is 1.74. The molecule has 0 aliphatic rings. The second kappa shape index (κ2) is 4.44. The van der Waals surface area contributed by atoms with Gasteiger partial charge in [-0.15, -0.1) is 0 Å². The van der Waals surface area contributed by atoms with E-state index in [0.29, 0.717) is 5.75 Å². The van der Waals surface area contributed by atoms with Gasteiger partial charge in [-0.3, -0.25) is 4.57 Å². The summed E-state index contributed by atoms with van der Waals surface area (Å²) in [4.78, 5) is 5.29. The van der Waals surface area contributed by atoms with E-state index in [0.717, 1.165) is 0 Å². The average Bonchev–Trinajstić information content (AvgIpc) is 2.06. The predicted octanol–water partition coefficient (Wildman–Crippen LogP) is 2.77. The largest absolute Gasteiger partial charge is 0.441 e. The second-order valence-electron chi connectivity index (χ2n) is 1.87. The molecule has 0 fully saturated rings. The van der Waals surface area contributed by atoms with Crippen LogP contribution in [0.1, 0.15) is 0 Å². The van der Waals surface area contributed by atoms with Gasteiger partial charge >= 0.3 is 8.18 Å². The predicted molar refractivity (Wildman–Crippen MR) is 45.2 cm³/mol. The van der Waals surface area contributed by atoms with Crippen LogP contribution < -0.4 is 4.52 Å². The first-order valence-corrected chi connectivity index (χ1v) is 4.41. The Morgan fingerprint density at radius 2 is 2.08 bits per heavy atom. The molecule has 0 bridgehead atoms. The summed E-state index contributed by atoms with van der Waals surface area (Å²) in [6.07, 6.45) is 0. The maximum Gasteiger partial charge on any atom is 0.323 e. The molecule has 0 radical (unpaired) electrons. The highest BCUT2D eigenvalue weighted by molar-refractivity contribution is 7.37. The van der Waals surface area contributed by atoms with Crippen molar-refractivity contribution in [3.8, 4) is 5.75 Å². The molecule has 6 heteroatoms. The molecule has 0 aromatic heterocycles. The van der Waals surface area contributed by atoms with Gasteiger partial charge in [0.2, 0.25) is 0 Å². The number of rotatable bonds is 3. The lowest BCUT2D eigenvalue weighted by Crippen LogP contribution is -1.76. The number of benzene rings is 1. The van der Waals surface area contributed by atoms with Crippen LogP contribution in [0.4, 0.5) is 0 Å². The van der Waals surface area contributed by atoms with Crippen molar-refractivity contribution >= 4 is 8.18 Å². The molecule has 1 atom stereocenters. The molecule has 0 amide bonds. The summed E-state index contributed by atoms with van der Waals surface area (Å²) in [5.41, 5.74) is 7.92. The first-order valence-electron chi connectivity index (χ1n) is 3.15. The van der Waals surface area contributed by atoms with Gasteiger partial charge in [0, 0.05) is 9.80 Å². The number of hydrogen-bond donors (Lipinski definition) is 0. The molecule has 1 aromatic carbocycles. The second-order valence-corrected chi connectivity index (χ2v) is 2.81. The van der Waals surface area contributed by atoms with Gasteiger partial charge in [0.15, 0.2) is 0 Å². The van der Waals surface area contributed by atoms with Crippen LogP contribution >= 0.6 is 8.18 Å². The van der Waals surface area contributed by atoms with Crippen molar-refractivity contribution in [3.63, 3.8) is 0 Å². The molecular formula is C6H6N3O2P. The van der Waals surface area contributed by atoms with Gasteiger partial charge in [0.1, 0.15) is 5.75 Å². The van der Waals surface area contributed by atoms with E-state index in [-0.39, 0.29) is 0 Å². The Morgan fingerprint density at radius 1 is 1.42 bits per heavy atom. The zero-order valence-corrected chi connectivity index (χ0v) is 7.04. The molecule has 1 aromatic rings. The molecule has 0 spiro atoms. The summed E-state index contributed by atoms with van der Waals surface area (Å²) in [5.74, 6) is 0.439. The maximum absolute atomic E-state index is 10.8. The van der Waals surface area contributed by atoms with Crippen molar-refractivity contribution in [2.45, 2.75) is 0 Å². The van der Waals surface area contributed by atoms with E-state index < -0.39 is 8.18 Å². The Bertz CT molecular complexity index is 321. The van der Waals surface area contributed by atoms with Crippen molar-refractivity contribution in [1.29, 1.82) is 0 Å². The Hall–Kier alpha value is -1.44. The lowest BCUT2D eigenvalue weighted by atomic mass is 10.3. The van der Waals surface area contributed by atoms with Crippen LogP contribution in [0.25, 0.3) is 10.4 Å². The minimum absolute atomic E-state index is 0.439. The fourth-order valence-electron chi connectivity index (χ4n) is 0.646. The highest BCUT2D eigenvalue weighted by atomic mass is 31.1. The molecule has 0 heterocycles. The van der Waals surface area contributed by atoms with Gasteiger partial charge in [0.05, 0.1) is 0 Å². The van der Waals surface area contributed by atoms with E-state index in [1.54, 1.807) is 30.3 Å².